The van der Waals surface area contributed by atoms with Crippen LogP contribution in [0, 0.1) is 29.1 Å². The number of phenolic OH excluding ortho intramolecular Hbond substituents is 1. The summed E-state index contributed by atoms with van der Waals surface area (Å²) >= 11 is 0. The largest absolute Gasteiger partial charge is 0.508 e. The van der Waals surface area contributed by atoms with Crippen LogP contribution in [0.4, 0.5) is 22.0 Å². The van der Waals surface area contributed by atoms with E-state index in [-0.39, 0.29) is 35.7 Å². The van der Waals surface area contributed by atoms with Gasteiger partial charge in [-0.1, -0.05) is 109 Å². The maximum atomic E-state index is 13.2. The van der Waals surface area contributed by atoms with Crippen LogP contribution in [0.1, 0.15) is 203 Å². The molecule has 4 aromatic carbocycles. The van der Waals surface area contributed by atoms with Crippen LogP contribution in [0.15, 0.2) is 84.9 Å². The molecule has 9 N–H and O–H groups in total. The molecule has 0 spiro atoms. The Morgan fingerprint density at radius 3 is 1.11 bits per heavy atom. The van der Waals surface area contributed by atoms with Crippen LogP contribution < -0.4 is 21.3 Å². The summed E-state index contributed by atoms with van der Waals surface area (Å²) in [4.78, 5) is 0. The van der Waals surface area contributed by atoms with Gasteiger partial charge in [0.1, 0.15) is 23.2 Å². The molecule has 4 saturated heterocycles. The van der Waals surface area contributed by atoms with Gasteiger partial charge in [-0.3, -0.25) is 0 Å². The molecule has 9 nitrogen and oxygen atoms in total. The minimum absolute atomic E-state index is 0.0529. The Bertz CT molecular complexity index is 2120. The van der Waals surface area contributed by atoms with Crippen LogP contribution in [0.25, 0.3) is 0 Å². The highest BCUT2D eigenvalue weighted by atomic mass is 19.2. The van der Waals surface area contributed by atoms with Crippen molar-refractivity contribution in [3.8, 4) is 5.75 Å². The van der Waals surface area contributed by atoms with Crippen molar-refractivity contribution in [2.75, 3.05) is 0 Å². The van der Waals surface area contributed by atoms with E-state index in [1.54, 1.807) is 30.3 Å². The standard InChI is InChI=1S/2C15H21F2NO.C15H22FNO.C15H23NO2/c1-2-4-13-5-3-6-14(18-13)15(19)10-7-11(16)9-12(17)8-10;1-2-4-11-5-3-6-14(18-11)15(19)10-7-8-12(16)13(17)9-10;1-2-5-13-8-4-9-14(17-13)15(18)11-6-3-7-12(16)10-11;1-2-5-12-7-4-9-14(16-12)15(18)11-6-3-8-13(17)10-11/h7-9,13-15,18-19H,2-6H2,1H3;7-9,11,14-15,18-19H,2-6H2,1H3;3,6-7,10,13-15,17-18H,2,4-5,8-9H2,1H3;3,6,8,10,12,14-18H,2,4-5,7,9H2,1H3. The average molecular weight is 1040 g/mol. The molecule has 4 fully saturated rings. The maximum Gasteiger partial charge on any atom is 0.159 e. The summed E-state index contributed by atoms with van der Waals surface area (Å²) in [5, 5.41) is 64.6. The van der Waals surface area contributed by atoms with Gasteiger partial charge in [-0.2, -0.15) is 0 Å². The lowest BCUT2D eigenvalue weighted by molar-refractivity contribution is 0.0992. The van der Waals surface area contributed by atoms with Crippen molar-refractivity contribution in [2.24, 2.45) is 0 Å². The summed E-state index contributed by atoms with van der Waals surface area (Å²) in [7, 11) is 0. The van der Waals surface area contributed by atoms with Gasteiger partial charge in [0, 0.05) is 54.4 Å². The van der Waals surface area contributed by atoms with Crippen LogP contribution in [0.5, 0.6) is 5.75 Å². The number of piperidine rings is 4. The lowest BCUT2D eigenvalue weighted by Gasteiger charge is -2.34. The maximum absolute atomic E-state index is 13.2. The van der Waals surface area contributed by atoms with Gasteiger partial charge in [0.05, 0.1) is 24.4 Å². The van der Waals surface area contributed by atoms with E-state index in [4.69, 9.17) is 0 Å². The Kier molecular flexibility index (Phi) is 26.3. The van der Waals surface area contributed by atoms with Crippen molar-refractivity contribution >= 4 is 0 Å². The Hall–Kier alpha value is -3.99. The van der Waals surface area contributed by atoms with Crippen LogP contribution in [0.2, 0.25) is 0 Å². The molecule has 4 aliphatic heterocycles. The lowest BCUT2D eigenvalue weighted by atomic mass is 9.90. The zero-order valence-corrected chi connectivity index (χ0v) is 44.3. The molecular formula is C60H87F5N4O5. The fraction of sp³-hybridized carbons (Fsp3) is 0.600. The number of halogens is 5. The number of hydrogen-bond donors (Lipinski definition) is 9. The minimum Gasteiger partial charge on any atom is -0.508 e. The summed E-state index contributed by atoms with van der Waals surface area (Å²) < 4.78 is 65.6. The highest BCUT2D eigenvalue weighted by molar-refractivity contribution is 5.30. The van der Waals surface area contributed by atoms with E-state index in [2.05, 4.69) is 49.0 Å². The first-order valence-electron chi connectivity index (χ1n) is 27.8. The number of aliphatic hydroxyl groups excluding tert-OH is 4. The van der Waals surface area contributed by atoms with Crippen molar-refractivity contribution < 1.29 is 47.5 Å². The SMILES string of the molecule is CCCC1CCCC(C(O)c2cc(F)cc(F)c2)N1.CCCC1CCCC(C(O)c2ccc(F)c(F)c2)N1.CCCC1CCCC(C(O)c2cccc(F)c2)N1.CCCC1CCCC(C(O)c2cccc(O)c2)N1. The van der Waals surface area contributed by atoms with Gasteiger partial charge in [0.15, 0.2) is 11.6 Å². The molecule has 0 bridgehead atoms. The highest BCUT2D eigenvalue weighted by Crippen LogP contribution is 2.31. The third kappa shape index (κ3) is 19.5. The van der Waals surface area contributed by atoms with Gasteiger partial charge < -0.3 is 46.8 Å². The second-order valence-corrected chi connectivity index (χ2v) is 21.1. The van der Waals surface area contributed by atoms with E-state index in [0.717, 1.165) is 126 Å². The molecule has 8 rings (SSSR count). The summed E-state index contributed by atoms with van der Waals surface area (Å²) in [6.07, 6.45) is 18.9. The van der Waals surface area contributed by atoms with Crippen molar-refractivity contribution in [2.45, 2.75) is 229 Å². The number of aromatic hydroxyl groups is 1. The summed E-state index contributed by atoms with van der Waals surface area (Å²) in [6, 6.07) is 21.9. The van der Waals surface area contributed by atoms with Crippen LogP contribution in [-0.2, 0) is 0 Å². The summed E-state index contributed by atoms with van der Waals surface area (Å²) in [5.74, 6) is -3.14. The van der Waals surface area contributed by atoms with Gasteiger partial charge in [-0.25, -0.2) is 22.0 Å². The number of rotatable bonds is 16. The van der Waals surface area contributed by atoms with E-state index in [9.17, 15) is 47.5 Å². The third-order valence-electron chi connectivity index (χ3n) is 15.1. The molecule has 0 amide bonds. The topological polar surface area (TPSA) is 149 Å². The van der Waals surface area contributed by atoms with Crippen LogP contribution >= 0.6 is 0 Å². The number of aliphatic hydroxyl groups is 4. The summed E-state index contributed by atoms with van der Waals surface area (Å²) in [5.41, 5.74) is 2.22. The molecule has 14 heteroatoms. The molecule has 12 unspecified atom stereocenters. The molecule has 0 aliphatic carbocycles. The van der Waals surface area contributed by atoms with Gasteiger partial charge in [-0.15, -0.1) is 0 Å². The van der Waals surface area contributed by atoms with Crippen molar-refractivity contribution in [3.63, 3.8) is 0 Å². The first-order valence-corrected chi connectivity index (χ1v) is 27.8. The van der Waals surface area contributed by atoms with Crippen molar-refractivity contribution in [1.82, 2.24) is 21.3 Å². The average Bonchev–Trinajstić information content (AvgIpc) is 3.39. The fourth-order valence-corrected chi connectivity index (χ4v) is 11.3. The van der Waals surface area contributed by atoms with Gasteiger partial charge in [0.2, 0.25) is 0 Å². The molecule has 0 aromatic heterocycles. The highest BCUT2D eigenvalue weighted by Gasteiger charge is 2.31. The van der Waals surface area contributed by atoms with Gasteiger partial charge >= 0.3 is 0 Å². The monoisotopic (exact) mass is 1040 g/mol. The number of hydrogen-bond acceptors (Lipinski definition) is 9. The zero-order valence-electron chi connectivity index (χ0n) is 44.3. The molecule has 74 heavy (non-hydrogen) atoms. The third-order valence-corrected chi connectivity index (χ3v) is 15.1. The molecule has 12 atom stereocenters. The van der Waals surface area contributed by atoms with Crippen molar-refractivity contribution in [3.05, 3.63) is 136 Å². The lowest BCUT2D eigenvalue weighted by Crippen LogP contribution is -2.45. The molecule has 0 radical (unpaired) electrons. The molecule has 0 saturated carbocycles. The quantitative estimate of drug-likeness (QED) is 0.0500. The molecular weight excluding hydrogens is 952 g/mol. The normalized spacial score (nSPS) is 25.6. The van der Waals surface area contributed by atoms with E-state index >= 15 is 0 Å². The molecule has 4 heterocycles. The number of benzene rings is 4. The molecule has 4 aliphatic rings. The molecule has 412 valence electrons. The predicted octanol–water partition coefficient (Wildman–Crippen LogP) is 12.5. The Labute approximate surface area is 438 Å². The van der Waals surface area contributed by atoms with E-state index in [0.29, 0.717) is 40.9 Å². The first kappa shape index (κ1) is 60.9. The second-order valence-electron chi connectivity index (χ2n) is 21.1. The Morgan fingerprint density at radius 2 is 0.743 bits per heavy atom. The van der Waals surface area contributed by atoms with E-state index < -0.39 is 47.7 Å². The predicted molar refractivity (Wildman–Crippen MR) is 285 cm³/mol. The summed E-state index contributed by atoms with van der Waals surface area (Å²) in [6.45, 7) is 8.63. The van der Waals surface area contributed by atoms with Crippen LogP contribution in [0.3, 0.4) is 0 Å². The zero-order chi connectivity index (χ0) is 53.6. The number of nitrogens with one attached hydrogen (secondary N) is 4. The van der Waals surface area contributed by atoms with E-state index in [1.165, 1.54) is 56.0 Å². The first-order chi connectivity index (χ1) is 35.6. The smallest absolute Gasteiger partial charge is 0.159 e. The molecule has 4 aromatic rings. The van der Waals surface area contributed by atoms with Crippen molar-refractivity contribution in [1.29, 1.82) is 0 Å². The second kappa shape index (κ2) is 31.9. The Morgan fingerprint density at radius 1 is 0.392 bits per heavy atom. The number of phenols is 1. The Balaban J connectivity index is 0.000000183. The fourth-order valence-electron chi connectivity index (χ4n) is 11.3. The van der Waals surface area contributed by atoms with Gasteiger partial charge in [0.25, 0.3) is 0 Å². The van der Waals surface area contributed by atoms with Gasteiger partial charge in [-0.05, 0) is 148 Å². The van der Waals surface area contributed by atoms with E-state index in [1.807, 2.05) is 6.07 Å². The van der Waals surface area contributed by atoms with Crippen LogP contribution in [-0.4, -0.2) is 73.9 Å². The minimum atomic E-state index is -0.905.